The first-order valence-electron chi connectivity index (χ1n) is 4.60. The van der Waals surface area contributed by atoms with Gasteiger partial charge in [0.25, 0.3) is 0 Å². The quantitative estimate of drug-likeness (QED) is 0.854. The Morgan fingerprint density at radius 2 is 1.93 bits per heavy atom. The SMILES string of the molecule is Cc1ncc(Cc2c(Cl)cccc2Cl)[nH]1. The Morgan fingerprint density at radius 1 is 1.27 bits per heavy atom. The highest BCUT2D eigenvalue weighted by Crippen LogP contribution is 2.26. The predicted molar refractivity (Wildman–Crippen MR) is 62.6 cm³/mol. The van der Waals surface area contributed by atoms with Gasteiger partial charge < -0.3 is 4.98 Å². The highest BCUT2D eigenvalue weighted by atomic mass is 35.5. The summed E-state index contributed by atoms with van der Waals surface area (Å²) in [5, 5.41) is 1.38. The zero-order chi connectivity index (χ0) is 10.8. The molecule has 0 spiro atoms. The molecule has 0 aliphatic heterocycles. The van der Waals surface area contributed by atoms with Crippen molar-refractivity contribution >= 4 is 23.2 Å². The summed E-state index contributed by atoms with van der Waals surface area (Å²) in [5.74, 6) is 0.896. The summed E-state index contributed by atoms with van der Waals surface area (Å²) in [6.45, 7) is 1.91. The molecule has 0 bridgehead atoms. The maximum Gasteiger partial charge on any atom is 0.103 e. The molecule has 1 N–H and O–H groups in total. The maximum absolute atomic E-state index is 6.07. The number of aromatic amines is 1. The summed E-state index contributed by atoms with van der Waals surface area (Å²) in [4.78, 5) is 7.28. The summed E-state index contributed by atoms with van der Waals surface area (Å²) in [5.41, 5.74) is 1.95. The molecule has 78 valence electrons. The first kappa shape index (κ1) is 10.5. The Labute approximate surface area is 98.3 Å². The molecule has 0 radical (unpaired) electrons. The number of rotatable bonds is 2. The number of hydrogen-bond acceptors (Lipinski definition) is 1. The molecule has 0 aliphatic carbocycles. The first-order valence-corrected chi connectivity index (χ1v) is 5.36. The Morgan fingerprint density at radius 3 is 2.47 bits per heavy atom. The van der Waals surface area contributed by atoms with Gasteiger partial charge in [0.1, 0.15) is 5.82 Å². The van der Waals surface area contributed by atoms with Crippen molar-refractivity contribution in [1.29, 1.82) is 0 Å². The standard InChI is InChI=1S/C11H10Cl2N2/c1-7-14-6-8(15-7)5-9-10(12)3-2-4-11(9)13/h2-4,6H,5H2,1H3,(H,14,15). The lowest BCUT2D eigenvalue weighted by molar-refractivity contribution is 1.07. The first-order chi connectivity index (χ1) is 7.16. The number of benzene rings is 1. The predicted octanol–water partition coefficient (Wildman–Crippen LogP) is 3.62. The fourth-order valence-corrected chi connectivity index (χ4v) is 1.98. The highest BCUT2D eigenvalue weighted by molar-refractivity contribution is 6.36. The van der Waals surface area contributed by atoms with Crippen LogP contribution >= 0.6 is 23.2 Å². The molecule has 15 heavy (non-hydrogen) atoms. The van der Waals surface area contributed by atoms with E-state index in [-0.39, 0.29) is 0 Å². The van der Waals surface area contributed by atoms with E-state index in [1.54, 1.807) is 6.20 Å². The van der Waals surface area contributed by atoms with Crippen molar-refractivity contribution in [1.82, 2.24) is 9.97 Å². The molecule has 0 saturated heterocycles. The molecule has 0 unspecified atom stereocenters. The van der Waals surface area contributed by atoms with E-state index in [0.717, 1.165) is 17.1 Å². The van der Waals surface area contributed by atoms with E-state index in [1.807, 2.05) is 25.1 Å². The molecule has 0 aliphatic rings. The lowest BCUT2D eigenvalue weighted by Crippen LogP contribution is -1.91. The molecule has 1 heterocycles. The van der Waals surface area contributed by atoms with E-state index in [0.29, 0.717) is 16.5 Å². The molecule has 0 atom stereocenters. The average Bonchev–Trinajstić information content (AvgIpc) is 2.58. The number of imidazole rings is 1. The van der Waals surface area contributed by atoms with Gasteiger partial charge in [0.2, 0.25) is 0 Å². The van der Waals surface area contributed by atoms with Crippen LogP contribution in [0.25, 0.3) is 0 Å². The van der Waals surface area contributed by atoms with Crippen molar-refractivity contribution in [3.8, 4) is 0 Å². The third-order valence-electron chi connectivity index (χ3n) is 2.18. The van der Waals surface area contributed by atoms with E-state index in [9.17, 15) is 0 Å². The van der Waals surface area contributed by atoms with Crippen LogP contribution in [-0.2, 0) is 6.42 Å². The second kappa shape index (κ2) is 4.25. The van der Waals surface area contributed by atoms with Crippen molar-refractivity contribution in [2.45, 2.75) is 13.3 Å². The number of halogens is 2. The van der Waals surface area contributed by atoms with Crippen LogP contribution in [0.4, 0.5) is 0 Å². The Hall–Kier alpha value is -0.990. The van der Waals surface area contributed by atoms with Gasteiger partial charge >= 0.3 is 0 Å². The van der Waals surface area contributed by atoms with Gasteiger partial charge in [0.15, 0.2) is 0 Å². The fourth-order valence-electron chi connectivity index (χ4n) is 1.45. The van der Waals surface area contributed by atoms with E-state index in [1.165, 1.54) is 0 Å². The number of H-pyrrole nitrogens is 1. The minimum Gasteiger partial charge on any atom is -0.346 e. The largest absolute Gasteiger partial charge is 0.346 e. The molecule has 1 aromatic heterocycles. The monoisotopic (exact) mass is 240 g/mol. The third kappa shape index (κ3) is 2.33. The Kier molecular flexibility index (Phi) is 2.98. The van der Waals surface area contributed by atoms with Gasteiger partial charge in [-0.1, -0.05) is 29.3 Å². The summed E-state index contributed by atoms with van der Waals surface area (Å²) in [6, 6.07) is 5.52. The van der Waals surface area contributed by atoms with Crippen molar-refractivity contribution < 1.29 is 0 Å². The zero-order valence-electron chi connectivity index (χ0n) is 8.22. The number of aryl methyl sites for hydroxylation is 1. The minimum atomic E-state index is 0.680. The van der Waals surface area contributed by atoms with E-state index >= 15 is 0 Å². The lowest BCUT2D eigenvalue weighted by Gasteiger charge is -2.04. The molecule has 2 aromatic rings. The van der Waals surface area contributed by atoms with Gasteiger partial charge in [-0.25, -0.2) is 4.98 Å². The fraction of sp³-hybridized carbons (Fsp3) is 0.182. The van der Waals surface area contributed by atoms with Crippen LogP contribution in [0.1, 0.15) is 17.1 Å². The number of hydrogen-bond donors (Lipinski definition) is 1. The topological polar surface area (TPSA) is 28.7 Å². The van der Waals surface area contributed by atoms with Crippen LogP contribution < -0.4 is 0 Å². The molecule has 0 saturated carbocycles. The molecular formula is C11H10Cl2N2. The molecule has 1 aromatic carbocycles. The molecule has 0 fully saturated rings. The summed E-state index contributed by atoms with van der Waals surface area (Å²) < 4.78 is 0. The van der Waals surface area contributed by atoms with Gasteiger partial charge in [-0.2, -0.15) is 0 Å². The van der Waals surface area contributed by atoms with Crippen molar-refractivity contribution in [3.05, 3.63) is 51.5 Å². The van der Waals surface area contributed by atoms with Gasteiger partial charge in [-0.3, -0.25) is 0 Å². The average molecular weight is 241 g/mol. The number of nitrogens with one attached hydrogen (secondary N) is 1. The van der Waals surface area contributed by atoms with Crippen molar-refractivity contribution in [2.24, 2.45) is 0 Å². The third-order valence-corrected chi connectivity index (χ3v) is 2.89. The lowest BCUT2D eigenvalue weighted by atomic mass is 10.1. The Bertz CT molecular complexity index is 457. The smallest absolute Gasteiger partial charge is 0.103 e. The summed E-state index contributed by atoms with van der Waals surface area (Å²) in [7, 11) is 0. The second-order valence-corrected chi connectivity index (χ2v) is 4.19. The van der Waals surface area contributed by atoms with Crippen LogP contribution in [-0.4, -0.2) is 9.97 Å². The van der Waals surface area contributed by atoms with E-state index < -0.39 is 0 Å². The summed E-state index contributed by atoms with van der Waals surface area (Å²) >= 11 is 12.1. The molecule has 2 rings (SSSR count). The molecule has 4 heteroatoms. The zero-order valence-corrected chi connectivity index (χ0v) is 9.73. The molecule has 0 amide bonds. The van der Waals surface area contributed by atoms with Crippen LogP contribution in [0, 0.1) is 6.92 Å². The van der Waals surface area contributed by atoms with E-state index in [2.05, 4.69) is 9.97 Å². The Balaban J connectivity index is 2.31. The maximum atomic E-state index is 6.07. The molecular weight excluding hydrogens is 231 g/mol. The van der Waals surface area contributed by atoms with E-state index in [4.69, 9.17) is 23.2 Å². The molecule has 2 nitrogen and oxygen atoms in total. The summed E-state index contributed by atoms with van der Waals surface area (Å²) in [6.07, 6.45) is 2.48. The van der Waals surface area contributed by atoms with Crippen molar-refractivity contribution in [3.63, 3.8) is 0 Å². The van der Waals surface area contributed by atoms with Crippen LogP contribution in [0.3, 0.4) is 0 Å². The van der Waals surface area contributed by atoms with Crippen LogP contribution in [0.5, 0.6) is 0 Å². The second-order valence-electron chi connectivity index (χ2n) is 3.37. The van der Waals surface area contributed by atoms with Crippen LogP contribution in [0.2, 0.25) is 10.0 Å². The normalized spacial score (nSPS) is 10.6. The number of nitrogens with zero attached hydrogens (tertiary/aromatic N) is 1. The van der Waals surface area contributed by atoms with Crippen LogP contribution in [0.15, 0.2) is 24.4 Å². The van der Waals surface area contributed by atoms with Gasteiger partial charge in [-0.15, -0.1) is 0 Å². The van der Waals surface area contributed by atoms with Gasteiger partial charge in [0.05, 0.1) is 0 Å². The van der Waals surface area contributed by atoms with Gasteiger partial charge in [-0.05, 0) is 24.6 Å². The van der Waals surface area contributed by atoms with Crippen molar-refractivity contribution in [2.75, 3.05) is 0 Å². The highest BCUT2D eigenvalue weighted by Gasteiger charge is 2.07. The van der Waals surface area contributed by atoms with Gasteiger partial charge in [0, 0.05) is 28.4 Å². The number of aromatic nitrogens is 2. The minimum absolute atomic E-state index is 0.680.